The molecule has 2 amide bonds. The first-order chi connectivity index (χ1) is 9.80. The number of carbonyl (C=O) groups excluding carboxylic acids is 2. The SMILES string of the molecule is Cc1ccccc1C(=O)N1CCN(C(=O)C(C)(C)C)CC1. The predicted octanol–water partition coefficient (Wildman–Crippen LogP) is 2.33. The average molecular weight is 288 g/mol. The molecule has 1 heterocycles. The number of hydrogen-bond donors (Lipinski definition) is 0. The number of amides is 2. The van der Waals surface area contributed by atoms with Gasteiger partial charge in [0.2, 0.25) is 5.91 Å². The van der Waals surface area contributed by atoms with Gasteiger partial charge in [-0.2, -0.15) is 0 Å². The summed E-state index contributed by atoms with van der Waals surface area (Å²) in [6, 6.07) is 7.64. The molecule has 0 N–H and O–H groups in total. The zero-order chi connectivity index (χ0) is 15.6. The van der Waals surface area contributed by atoms with Crippen molar-refractivity contribution in [2.24, 2.45) is 5.41 Å². The van der Waals surface area contributed by atoms with E-state index in [0.29, 0.717) is 26.2 Å². The number of carbonyl (C=O) groups is 2. The Balaban J connectivity index is 2.00. The molecule has 1 aliphatic heterocycles. The Labute approximate surface area is 126 Å². The van der Waals surface area contributed by atoms with Gasteiger partial charge in [-0.3, -0.25) is 9.59 Å². The van der Waals surface area contributed by atoms with E-state index in [0.717, 1.165) is 11.1 Å². The number of piperazine rings is 1. The Kier molecular flexibility index (Phi) is 4.35. The smallest absolute Gasteiger partial charge is 0.254 e. The summed E-state index contributed by atoms with van der Waals surface area (Å²) in [6.45, 7) is 10.2. The molecule has 1 aromatic carbocycles. The molecule has 21 heavy (non-hydrogen) atoms. The van der Waals surface area contributed by atoms with Gasteiger partial charge in [-0.1, -0.05) is 39.0 Å². The molecule has 0 radical (unpaired) electrons. The van der Waals surface area contributed by atoms with Crippen LogP contribution in [-0.4, -0.2) is 47.8 Å². The van der Waals surface area contributed by atoms with Crippen LogP contribution in [0.3, 0.4) is 0 Å². The van der Waals surface area contributed by atoms with E-state index in [2.05, 4.69) is 0 Å². The molecule has 1 aliphatic rings. The molecule has 1 aromatic rings. The first-order valence-electron chi connectivity index (χ1n) is 7.45. The van der Waals surface area contributed by atoms with E-state index >= 15 is 0 Å². The lowest BCUT2D eigenvalue weighted by atomic mass is 9.94. The maximum absolute atomic E-state index is 12.5. The van der Waals surface area contributed by atoms with Crippen molar-refractivity contribution in [3.05, 3.63) is 35.4 Å². The van der Waals surface area contributed by atoms with Gasteiger partial charge in [-0.15, -0.1) is 0 Å². The molecular weight excluding hydrogens is 264 g/mol. The van der Waals surface area contributed by atoms with Gasteiger partial charge >= 0.3 is 0 Å². The van der Waals surface area contributed by atoms with Crippen LogP contribution in [-0.2, 0) is 4.79 Å². The van der Waals surface area contributed by atoms with Crippen molar-refractivity contribution in [2.45, 2.75) is 27.7 Å². The van der Waals surface area contributed by atoms with Crippen LogP contribution in [0.2, 0.25) is 0 Å². The molecule has 2 rings (SSSR count). The number of benzene rings is 1. The molecule has 0 unspecified atom stereocenters. The average Bonchev–Trinajstić information content (AvgIpc) is 2.45. The highest BCUT2D eigenvalue weighted by atomic mass is 16.2. The molecule has 1 fully saturated rings. The van der Waals surface area contributed by atoms with Crippen LogP contribution >= 0.6 is 0 Å². The lowest BCUT2D eigenvalue weighted by Crippen LogP contribution is -2.53. The summed E-state index contributed by atoms with van der Waals surface area (Å²) in [6.07, 6.45) is 0. The Morgan fingerprint density at radius 2 is 1.48 bits per heavy atom. The van der Waals surface area contributed by atoms with Crippen molar-refractivity contribution in [1.29, 1.82) is 0 Å². The molecule has 0 aromatic heterocycles. The maximum Gasteiger partial charge on any atom is 0.254 e. The molecule has 0 atom stereocenters. The minimum absolute atomic E-state index is 0.0657. The fourth-order valence-electron chi connectivity index (χ4n) is 2.57. The van der Waals surface area contributed by atoms with Crippen LogP contribution in [0.15, 0.2) is 24.3 Å². The zero-order valence-corrected chi connectivity index (χ0v) is 13.3. The van der Waals surface area contributed by atoms with E-state index in [1.807, 2.05) is 61.8 Å². The molecule has 0 spiro atoms. The first kappa shape index (κ1) is 15.5. The fraction of sp³-hybridized carbons (Fsp3) is 0.529. The van der Waals surface area contributed by atoms with Crippen LogP contribution < -0.4 is 0 Å². The van der Waals surface area contributed by atoms with Crippen LogP contribution in [0, 0.1) is 12.3 Å². The van der Waals surface area contributed by atoms with Crippen LogP contribution in [0.5, 0.6) is 0 Å². The van der Waals surface area contributed by atoms with E-state index in [4.69, 9.17) is 0 Å². The number of rotatable bonds is 1. The standard InChI is InChI=1S/C17H24N2O2/c1-13-7-5-6-8-14(13)15(20)18-9-11-19(12-10-18)16(21)17(2,3)4/h5-8H,9-12H2,1-4H3. The van der Waals surface area contributed by atoms with Gasteiger partial charge in [0.15, 0.2) is 0 Å². The van der Waals surface area contributed by atoms with Gasteiger partial charge in [0, 0.05) is 37.2 Å². The fourth-order valence-corrected chi connectivity index (χ4v) is 2.57. The molecule has 0 aliphatic carbocycles. The summed E-state index contributed by atoms with van der Waals surface area (Å²) in [7, 11) is 0. The second kappa shape index (κ2) is 5.88. The molecule has 114 valence electrons. The largest absolute Gasteiger partial charge is 0.339 e. The molecular formula is C17H24N2O2. The second-order valence-electron chi connectivity index (χ2n) is 6.65. The van der Waals surface area contributed by atoms with E-state index < -0.39 is 0 Å². The third kappa shape index (κ3) is 3.43. The van der Waals surface area contributed by atoms with Gasteiger partial charge in [-0.05, 0) is 18.6 Å². The van der Waals surface area contributed by atoms with Crippen molar-refractivity contribution in [1.82, 2.24) is 9.80 Å². The first-order valence-corrected chi connectivity index (χ1v) is 7.45. The van der Waals surface area contributed by atoms with Crippen molar-refractivity contribution in [2.75, 3.05) is 26.2 Å². The quantitative estimate of drug-likeness (QED) is 0.796. The van der Waals surface area contributed by atoms with Crippen molar-refractivity contribution in [3.63, 3.8) is 0 Å². The van der Waals surface area contributed by atoms with E-state index in [-0.39, 0.29) is 17.2 Å². The Hall–Kier alpha value is -1.84. The van der Waals surface area contributed by atoms with E-state index in [1.165, 1.54) is 0 Å². The van der Waals surface area contributed by atoms with Gasteiger partial charge in [0.1, 0.15) is 0 Å². The summed E-state index contributed by atoms with van der Waals surface area (Å²) in [5.74, 6) is 0.224. The van der Waals surface area contributed by atoms with E-state index in [1.54, 1.807) is 0 Å². The van der Waals surface area contributed by atoms with E-state index in [9.17, 15) is 9.59 Å². The van der Waals surface area contributed by atoms with Crippen molar-refractivity contribution in [3.8, 4) is 0 Å². The lowest BCUT2D eigenvalue weighted by Gasteiger charge is -2.37. The number of aryl methyl sites for hydroxylation is 1. The molecule has 1 saturated heterocycles. The summed E-state index contributed by atoms with van der Waals surface area (Å²) >= 11 is 0. The normalized spacial score (nSPS) is 16.0. The Morgan fingerprint density at radius 3 is 2.00 bits per heavy atom. The number of hydrogen-bond acceptors (Lipinski definition) is 2. The lowest BCUT2D eigenvalue weighted by molar-refractivity contribution is -0.140. The second-order valence-corrected chi connectivity index (χ2v) is 6.65. The van der Waals surface area contributed by atoms with Gasteiger partial charge < -0.3 is 9.80 Å². The highest BCUT2D eigenvalue weighted by molar-refractivity contribution is 5.95. The van der Waals surface area contributed by atoms with Gasteiger partial charge in [0.25, 0.3) is 5.91 Å². The third-order valence-electron chi connectivity index (χ3n) is 3.87. The molecule has 0 saturated carbocycles. The minimum Gasteiger partial charge on any atom is -0.339 e. The summed E-state index contributed by atoms with van der Waals surface area (Å²) < 4.78 is 0. The highest BCUT2D eigenvalue weighted by Gasteiger charge is 2.31. The number of nitrogens with zero attached hydrogens (tertiary/aromatic N) is 2. The topological polar surface area (TPSA) is 40.6 Å². The monoisotopic (exact) mass is 288 g/mol. The summed E-state index contributed by atoms with van der Waals surface area (Å²) in [5, 5.41) is 0. The molecule has 0 bridgehead atoms. The van der Waals surface area contributed by atoms with Crippen LogP contribution in [0.4, 0.5) is 0 Å². The Morgan fingerprint density at radius 1 is 0.952 bits per heavy atom. The predicted molar refractivity (Wildman–Crippen MR) is 83.1 cm³/mol. The van der Waals surface area contributed by atoms with Crippen LogP contribution in [0.1, 0.15) is 36.7 Å². The van der Waals surface area contributed by atoms with Crippen molar-refractivity contribution >= 4 is 11.8 Å². The molecule has 4 heteroatoms. The third-order valence-corrected chi connectivity index (χ3v) is 3.87. The Bertz CT molecular complexity index is 538. The maximum atomic E-state index is 12.5. The highest BCUT2D eigenvalue weighted by Crippen LogP contribution is 2.19. The zero-order valence-electron chi connectivity index (χ0n) is 13.3. The van der Waals surface area contributed by atoms with Crippen molar-refractivity contribution < 1.29 is 9.59 Å². The molecule has 4 nitrogen and oxygen atoms in total. The van der Waals surface area contributed by atoms with Gasteiger partial charge in [-0.25, -0.2) is 0 Å². The minimum atomic E-state index is -0.359. The summed E-state index contributed by atoms with van der Waals surface area (Å²) in [5.41, 5.74) is 1.39. The van der Waals surface area contributed by atoms with Crippen LogP contribution in [0.25, 0.3) is 0 Å². The van der Waals surface area contributed by atoms with Gasteiger partial charge in [0.05, 0.1) is 0 Å². The summed E-state index contributed by atoms with van der Waals surface area (Å²) in [4.78, 5) is 28.5.